The Bertz CT molecular complexity index is 827. The minimum Gasteiger partial charge on any atom is -0.469 e. The summed E-state index contributed by atoms with van der Waals surface area (Å²) in [6.07, 6.45) is 2.60. The number of furan rings is 1. The third kappa shape index (κ3) is 5.22. The molecular formula is C21H22ClNO3S. The molecule has 142 valence electrons. The number of halogens is 1. The van der Waals surface area contributed by atoms with Gasteiger partial charge in [-0.2, -0.15) is 0 Å². The fraction of sp³-hybridized carbons (Fsp3) is 0.238. The van der Waals surface area contributed by atoms with Gasteiger partial charge in [-0.25, -0.2) is 0 Å². The Balaban J connectivity index is 0.00000210. The van der Waals surface area contributed by atoms with E-state index >= 15 is 0 Å². The molecule has 0 saturated heterocycles. The van der Waals surface area contributed by atoms with Gasteiger partial charge in [0.25, 0.3) is 0 Å². The van der Waals surface area contributed by atoms with E-state index in [2.05, 4.69) is 41.7 Å². The molecule has 2 heterocycles. The van der Waals surface area contributed by atoms with Gasteiger partial charge >= 0.3 is 0 Å². The number of ether oxygens (including phenoxy) is 2. The van der Waals surface area contributed by atoms with E-state index in [-0.39, 0.29) is 17.7 Å². The number of fused-ring (bicyclic) bond motifs is 1. The van der Waals surface area contributed by atoms with Crippen LogP contribution in [0.3, 0.4) is 0 Å². The Kier molecular flexibility index (Phi) is 7.10. The Morgan fingerprint density at radius 2 is 1.81 bits per heavy atom. The van der Waals surface area contributed by atoms with Crippen molar-refractivity contribution in [2.24, 2.45) is 0 Å². The Labute approximate surface area is 169 Å². The van der Waals surface area contributed by atoms with Gasteiger partial charge in [0.2, 0.25) is 6.79 Å². The van der Waals surface area contributed by atoms with Crippen molar-refractivity contribution >= 4 is 24.2 Å². The molecule has 1 unspecified atom stereocenters. The van der Waals surface area contributed by atoms with Gasteiger partial charge in [-0.3, -0.25) is 0 Å². The monoisotopic (exact) mass is 403 g/mol. The summed E-state index contributed by atoms with van der Waals surface area (Å²) < 4.78 is 16.4. The second kappa shape index (κ2) is 9.74. The van der Waals surface area contributed by atoms with Gasteiger partial charge in [-0.05, 0) is 42.0 Å². The van der Waals surface area contributed by atoms with Gasteiger partial charge in [-0.1, -0.05) is 24.3 Å². The van der Waals surface area contributed by atoms with Crippen LogP contribution in [0.25, 0.3) is 0 Å². The van der Waals surface area contributed by atoms with E-state index in [0.717, 1.165) is 36.8 Å². The highest BCUT2D eigenvalue weighted by Gasteiger charge is 2.19. The number of thioether (sulfide) groups is 1. The largest absolute Gasteiger partial charge is 0.469 e. The molecule has 1 aromatic heterocycles. The molecule has 1 N–H and O–H groups in total. The SMILES string of the molecule is Cl.c1ccc(SC(CNCCc2ccco2)c2ccc3c(c2)OCO3)cc1. The van der Waals surface area contributed by atoms with Crippen LogP contribution in [0.1, 0.15) is 16.6 Å². The fourth-order valence-corrected chi connectivity index (χ4v) is 4.03. The normalized spacial score (nSPS) is 13.2. The Hall–Kier alpha value is -2.08. The van der Waals surface area contributed by atoms with Crippen LogP contribution in [-0.2, 0) is 6.42 Å². The maximum absolute atomic E-state index is 5.55. The molecule has 1 aliphatic rings. The first kappa shape index (κ1) is 19.7. The average Bonchev–Trinajstić information content (AvgIpc) is 3.36. The van der Waals surface area contributed by atoms with E-state index in [1.165, 1.54) is 10.5 Å². The van der Waals surface area contributed by atoms with E-state index < -0.39 is 0 Å². The van der Waals surface area contributed by atoms with Gasteiger partial charge in [-0.15, -0.1) is 24.2 Å². The molecule has 6 heteroatoms. The molecule has 0 amide bonds. The summed E-state index contributed by atoms with van der Waals surface area (Å²) in [6.45, 7) is 2.04. The molecule has 27 heavy (non-hydrogen) atoms. The molecule has 1 aliphatic heterocycles. The minimum atomic E-state index is 0. The predicted molar refractivity (Wildman–Crippen MR) is 110 cm³/mol. The second-order valence-electron chi connectivity index (χ2n) is 6.07. The third-order valence-electron chi connectivity index (χ3n) is 4.25. The van der Waals surface area contributed by atoms with Gasteiger partial charge < -0.3 is 19.2 Å². The Morgan fingerprint density at radius 3 is 2.63 bits per heavy atom. The van der Waals surface area contributed by atoms with E-state index in [0.29, 0.717) is 6.79 Å². The van der Waals surface area contributed by atoms with Crippen LogP contribution in [0.2, 0.25) is 0 Å². The highest BCUT2D eigenvalue weighted by atomic mass is 35.5. The first-order valence-electron chi connectivity index (χ1n) is 8.73. The van der Waals surface area contributed by atoms with Crippen molar-refractivity contribution in [3.63, 3.8) is 0 Å². The molecule has 4 rings (SSSR count). The van der Waals surface area contributed by atoms with Gasteiger partial charge in [0, 0.05) is 29.7 Å². The number of nitrogens with one attached hydrogen (secondary N) is 1. The fourth-order valence-electron chi connectivity index (χ4n) is 2.90. The van der Waals surface area contributed by atoms with E-state index in [1.807, 2.05) is 36.0 Å². The highest BCUT2D eigenvalue weighted by molar-refractivity contribution is 7.99. The minimum absolute atomic E-state index is 0. The zero-order valence-corrected chi connectivity index (χ0v) is 16.4. The maximum Gasteiger partial charge on any atom is 0.231 e. The third-order valence-corrected chi connectivity index (χ3v) is 5.52. The van der Waals surface area contributed by atoms with Crippen molar-refractivity contribution in [2.75, 3.05) is 19.9 Å². The number of hydrogen-bond donors (Lipinski definition) is 1. The quantitative estimate of drug-likeness (QED) is 0.419. The van der Waals surface area contributed by atoms with Crippen LogP contribution in [0.15, 0.2) is 76.2 Å². The second-order valence-corrected chi connectivity index (χ2v) is 7.34. The zero-order chi connectivity index (χ0) is 17.6. The lowest BCUT2D eigenvalue weighted by atomic mass is 10.1. The molecule has 0 aliphatic carbocycles. The summed E-state index contributed by atoms with van der Waals surface area (Å²) >= 11 is 1.85. The van der Waals surface area contributed by atoms with Crippen LogP contribution < -0.4 is 14.8 Å². The van der Waals surface area contributed by atoms with Crippen LogP contribution in [-0.4, -0.2) is 19.9 Å². The molecule has 2 aromatic carbocycles. The summed E-state index contributed by atoms with van der Waals surface area (Å²) in [6, 6.07) is 20.6. The summed E-state index contributed by atoms with van der Waals surface area (Å²) in [5.41, 5.74) is 1.23. The standard InChI is InChI=1S/C21H21NO3S.ClH/c1-2-6-18(7-3-1)26-21(14-22-11-10-17-5-4-12-23-17)16-8-9-19-20(13-16)25-15-24-19;/h1-9,12-13,21-22H,10-11,14-15H2;1H. The molecule has 0 saturated carbocycles. The topological polar surface area (TPSA) is 43.6 Å². The maximum atomic E-state index is 5.55. The first-order chi connectivity index (χ1) is 12.9. The molecule has 3 aromatic rings. The van der Waals surface area contributed by atoms with Gasteiger partial charge in [0.15, 0.2) is 11.5 Å². The first-order valence-corrected chi connectivity index (χ1v) is 9.61. The van der Waals surface area contributed by atoms with Crippen molar-refractivity contribution < 1.29 is 13.9 Å². The number of benzene rings is 2. The van der Waals surface area contributed by atoms with Crippen molar-refractivity contribution in [3.05, 3.63) is 78.3 Å². The summed E-state index contributed by atoms with van der Waals surface area (Å²) in [5.74, 6) is 2.66. The Morgan fingerprint density at radius 1 is 0.963 bits per heavy atom. The van der Waals surface area contributed by atoms with Crippen molar-refractivity contribution in [3.8, 4) is 11.5 Å². The van der Waals surface area contributed by atoms with Gasteiger partial charge in [0.1, 0.15) is 5.76 Å². The molecule has 1 atom stereocenters. The molecule has 0 radical (unpaired) electrons. The summed E-state index contributed by atoms with van der Waals surface area (Å²) in [5, 5.41) is 3.84. The highest BCUT2D eigenvalue weighted by Crippen LogP contribution is 2.40. The zero-order valence-electron chi connectivity index (χ0n) is 14.8. The van der Waals surface area contributed by atoms with Crippen LogP contribution in [0.5, 0.6) is 11.5 Å². The van der Waals surface area contributed by atoms with E-state index in [1.54, 1.807) is 6.26 Å². The summed E-state index contributed by atoms with van der Waals surface area (Å²) in [4.78, 5) is 1.25. The van der Waals surface area contributed by atoms with E-state index in [9.17, 15) is 0 Å². The number of hydrogen-bond acceptors (Lipinski definition) is 5. The smallest absolute Gasteiger partial charge is 0.231 e. The van der Waals surface area contributed by atoms with Crippen molar-refractivity contribution in [1.29, 1.82) is 0 Å². The molecular weight excluding hydrogens is 382 g/mol. The predicted octanol–water partition coefficient (Wildman–Crippen LogP) is 5.10. The average molecular weight is 404 g/mol. The van der Waals surface area contributed by atoms with Crippen LogP contribution in [0.4, 0.5) is 0 Å². The molecule has 0 fully saturated rings. The molecule has 4 nitrogen and oxygen atoms in total. The summed E-state index contributed by atoms with van der Waals surface area (Å²) in [7, 11) is 0. The number of rotatable bonds is 8. The van der Waals surface area contributed by atoms with Crippen molar-refractivity contribution in [1.82, 2.24) is 5.32 Å². The van der Waals surface area contributed by atoms with Crippen molar-refractivity contribution in [2.45, 2.75) is 16.6 Å². The lowest BCUT2D eigenvalue weighted by molar-refractivity contribution is 0.174. The lowest BCUT2D eigenvalue weighted by Gasteiger charge is -2.18. The molecule has 0 bridgehead atoms. The molecule has 0 spiro atoms. The lowest BCUT2D eigenvalue weighted by Crippen LogP contribution is -2.22. The van der Waals surface area contributed by atoms with E-state index in [4.69, 9.17) is 13.9 Å². The van der Waals surface area contributed by atoms with Crippen LogP contribution >= 0.6 is 24.2 Å². The van der Waals surface area contributed by atoms with Gasteiger partial charge in [0.05, 0.1) is 6.26 Å². The van der Waals surface area contributed by atoms with Crippen LogP contribution in [0, 0.1) is 0 Å².